The van der Waals surface area contributed by atoms with E-state index in [4.69, 9.17) is 0 Å². The van der Waals surface area contributed by atoms with E-state index in [1.54, 1.807) is 0 Å². The van der Waals surface area contributed by atoms with Crippen LogP contribution in [0.5, 0.6) is 0 Å². The summed E-state index contributed by atoms with van der Waals surface area (Å²) in [6, 6.07) is 2.15. The number of carbonyl (C=O) groups is 1. The Kier molecular flexibility index (Phi) is 2.89. The number of ketones is 1. The highest BCUT2D eigenvalue weighted by molar-refractivity contribution is 5.79. The summed E-state index contributed by atoms with van der Waals surface area (Å²) in [4.78, 5) is 11.1. The molecule has 0 aromatic carbocycles. The molecule has 1 aliphatic carbocycles. The van der Waals surface area contributed by atoms with E-state index < -0.39 is 0 Å². The monoisotopic (exact) mass is 206 g/mol. The lowest BCUT2D eigenvalue weighted by molar-refractivity contribution is -0.121. The zero-order valence-electron chi connectivity index (χ0n) is 9.49. The molecule has 0 unspecified atom stereocenters. The quantitative estimate of drug-likeness (QED) is 0.742. The molecule has 2 rings (SSSR count). The molecule has 1 aromatic heterocycles. The highest BCUT2D eigenvalue weighted by atomic mass is 16.1. The average molecular weight is 206 g/mol. The summed E-state index contributed by atoms with van der Waals surface area (Å²) >= 11 is 0. The van der Waals surface area contributed by atoms with Crippen molar-refractivity contribution in [3.8, 4) is 0 Å². The van der Waals surface area contributed by atoms with E-state index in [2.05, 4.69) is 11.2 Å². The maximum Gasteiger partial charge on any atom is 0.132 e. The fourth-order valence-corrected chi connectivity index (χ4v) is 2.35. The second kappa shape index (κ2) is 4.17. The molecule has 0 radical (unpaired) electrons. The molecule has 0 aliphatic heterocycles. The van der Waals surface area contributed by atoms with Crippen LogP contribution in [0.25, 0.3) is 0 Å². The van der Waals surface area contributed by atoms with Crippen LogP contribution in [0.3, 0.4) is 0 Å². The SMILES string of the molecule is Cc1cc(CC2CCC(=O)CC2)n(C)n1. The molecule has 3 heteroatoms. The minimum atomic E-state index is 0.437. The summed E-state index contributed by atoms with van der Waals surface area (Å²) in [6.45, 7) is 2.02. The molecule has 0 atom stereocenters. The van der Waals surface area contributed by atoms with Crippen LogP contribution in [0, 0.1) is 12.8 Å². The Morgan fingerprint density at radius 3 is 2.67 bits per heavy atom. The summed E-state index contributed by atoms with van der Waals surface area (Å²) < 4.78 is 1.96. The smallest absolute Gasteiger partial charge is 0.132 e. The van der Waals surface area contributed by atoms with Crippen molar-refractivity contribution in [2.75, 3.05) is 0 Å². The molecule has 1 aromatic rings. The third-order valence-corrected chi connectivity index (χ3v) is 3.26. The lowest BCUT2D eigenvalue weighted by Crippen LogP contribution is -2.17. The molecule has 1 heterocycles. The standard InChI is InChI=1S/C12H18N2O/c1-9-7-11(14(2)13-9)8-10-3-5-12(15)6-4-10/h7,10H,3-6,8H2,1-2H3. The topological polar surface area (TPSA) is 34.9 Å². The summed E-state index contributed by atoms with van der Waals surface area (Å²) in [5.74, 6) is 1.12. The van der Waals surface area contributed by atoms with Gasteiger partial charge in [-0.25, -0.2) is 0 Å². The number of aromatic nitrogens is 2. The van der Waals surface area contributed by atoms with Crippen molar-refractivity contribution in [3.05, 3.63) is 17.5 Å². The lowest BCUT2D eigenvalue weighted by Gasteiger charge is -2.20. The van der Waals surface area contributed by atoms with Gasteiger partial charge in [0.05, 0.1) is 5.69 Å². The van der Waals surface area contributed by atoms with E-state index in [-0.39, 0.29) is 0 Å². The Balaban J connectivity index is 1.97. The Labute approximate surface area is 90.5 Å². The van der Waals surface area contributed by atoms with Gasteiger partial charge in [-0.15, -0.1) is 0 Å². The van der Waals surface area contributed by atoms with Crippen LogP contribution in [0.15, 0.2) is 6.07 Å². The Morgan fingerprint density at radius 1 is 1.47 bits per heavy atom. The molecule has 82 valence electrons. The van der Waals surface area contributed by atoms with Gasteiger partial charge in [-0.1, -0.05) is 0 Å². The number of rotatable bonds is 2. The van der Waals surface area contributed by atoms with Gasteiger partial charge in [0.2, 0.25) is 0 Å². The fourth-order valence-electron chi connectivity index (χ4n) is 2.35. The van der Waals surface area contributed by atoms with Crippen molar-refractivity contribution in [1.29, 1.82) is 0 Å². The predicted octanol–water partition coefficient (Wildman–Crippen LogP) is 2.03. The summed E-state index contributed by atoms with van der Waals surface area (Å²) in [7, 11) is 2.00. The lowest BCUT2D eigenvalue weighted by atomic mass is 9.85. The van der Waals surface area contributed by atoms with Gasteiger partial charge in [-0.2, -0.15) is 5.10 Å². The Hall–Kier alpha value is -1.12. The van der Waals surface area contributed by atoms with Crippen molar-refractivity contribution in [2.24, 2.45) is 13.0 Å². The van der Waals surface area contributed by atoms with Gasteiger partial charge in [-0.05, 0) is 38.2 Å². The van der Waals surface area contributed by atoms with Gasteiger partial charge in [0.1, 0.15) is 5.78 Å². The zero-order chi connectivity index (χ0) is 10.8. The molecule has 0 amide bonds. The number of hydrogen-bond donors (Lipinski definition) is 0. The van der Waals surface area contributed by atoms with E-state index >= 15 is 0 Å². The van der Waals surface area contributed by atoms with Crippen molar-refractivity contribution in [2.45, 2.75) is 39.0 Å². The number of carbonyl (C=O) groups excluding carboxylic acids is 1. The first-order valence-electron chi connectivity index (χ1n) is 5.66. The van der Waals surface area contributed by atoms with E-state index in [0.29, 0.717) is 11.7 Å². The maximum atomic E-state index is 11.1. The van der Waals surface area contributed by atoms with E-state index in [0.717, 1.165) is 37.8 Å². The van der Waals surface area contributed by atoms with Gasteiger partial charge in [0.15, 0.2) is 0 Å². The van der Waals surface area contributed by atoms with Crippen LogP contribution in [0.4, 0.5) is 0 Å². The zero-order valence-corrected chi connectivity index (χ0v) is 9.49. The van der Waals surface area contributed by atoms with E-state index in [1.165, 1.54) is 5.69 Å². The molecule has 0 N–H and O–H groups in total. The number of Topliss-reactive ketones (excluding diaryl/α,β-unsaturated/α-hetero) is 1. The van der Waals surface area contributed by atoms with Gasteiger partial charge in [-0.3, -0.25) is 9.48 Å². The molecular formula is C12H18N2O. The number of nitrogens with zero attached hydrogens (tertiary/aromatic N) is 2. The van der Waals surface area contributed by atoms with Gasteiger partial charge >= 0.3 is 0 Å². The first-order valence-corrected chi connectivity index (χ1v) is 5.66. The Bertz CT molecular complexity index is 358. The number of aryl methyl sites for hydroxylation is 2. The van der Waals surface area contributed by atoms with Crippen molar-refractivity contribution in [3.63, 3.8) is 0 Å². The van der Waals surface area contributed by atoms with Crippen LogP contribution in [0.2, 0.25) is 0 Å². The van der Waals surface area contributed by atoms with Crippen molar-refractivity contribution < 1.29 is 4.79 Å². The molecule has 1 fully saturated rings. The summed E-state index contributed by atoms with van der Waals surface area (Å²) in [6.07, 6.45) is 4.75. The summed E-state index contributed by atoms with van der Waals surface area (Å²) in [5, 5.41) is 4.34. The largest absolute Gasteiger partial charge is 0.300 e. The van der Waals surface area contributed by atoms with Gasteiger partial charge < -0.3 is 0 Å². The average Bonchev–Trinajstić information content (AvgIpc) is 2.49. The molecule has 1 aliphatic rings. The second-order valence-corrected chi connectivity index (χ2v) is 4.59. The third-order valence-electron chi connectivity index (χ3n) is 3.26. The molecule has 3 nitrogen and oxygen atoms in total. The molecule has 15 heavy (non-hydrogen) atoms. The second-order valence-electron chi connectivity index (χ2n) is 4.59. The molecular weight excluding hydrogens is 188 g/mol. The molecule has 0 saturated heterocycles. The first-order chi connectivity index (χ1) is 7.15. The third kappa shape index (κ3) is 2.46. The van der Waals surface area contributed by atoms with Gasteiger partial charge in [0, 0.05) is 25.6 Å². The Morgan fingerprint density at radius 2 is 2.13 bits per heavy atom. The minimum absolute atomic E-state index is 0.437. The van der Waals surface area contributed by atoms with Crippen LogP contribution in [-0.4, -0.2) is 15.6 Å². The predicted molar refractivity (Wildman–Crippen MR) is 58.6 cm³/mol. The van der Waals surface area contributed by atoms with Crippen molar-refractivity contribution >= 4 is 5.78 Å². The van der Waals surface area contributed by atoms with Crippen molar-refractivity contribution in [1.82, 2.24) is 9.78 Å². The first kappa shape index (κ1) is 10.4. The van der Waals surface area contributed by atoms with Crippen LogP contribution in [-0.2, 0) is 18.3 Å². The fraction of sp³-hybridized carbons (Fsp3) is 0.667. The maximum absolute atomic E-state index is 11.1. The summed E-state index contributed by atoms with van der Waals surface area (Å²) in [5.41, 5.74) is 2.38. The van der Waals surface area contributed by atoms with Gasteiger partial charge in [0.25, 0.3) is 0 Å². The molecule has 1 saturated carbocycles. The minimum Gasteiger partial charge on any atom is -0.300 e. The highest BCUT2D eigenvalue weighted by Crippen LogP contribution is 2.25. The van der Waals surface area contributed by atoms with E-state index in [9.17, 15) is 4.79 Å². The molecule has 0 bridgehead atoms. The van der Waals surface area contributed by atoms with E-state index in [1.807, 2.05) is 18.7 Å². The van der Waals surface area contributed by atoms with Crippen LogP contribution in [0.1, 0.15) is 37.1 Å². The molecule has 0 spiro atoms. The van der Waals surface area contributed by atoms with Crippen LogP contribution >= 0.6 is 0 Å². The normalized spacial score (nSPS) is 18.4. The van der Waals surface area contributed by atoms with Crippen LogP contribution < -0.4 is 0 Å². The highest BCUT2D eigenvalue weighted by Gasteiger charge is 2.20. The number of hydrogen-bond acceptors (Lipinski definition) is 2.